The zero-order valence-corrected chi connectivity index (χ0v) is 10.8. The Morgan fingerprint density at radius 1 is 1.17 bits per heavy atom. The van der Waals surface area contributed by atoms with Gasteiger partial charge < -0.3 is 11.1 Å². The molecule has 1 saturated carbocycles. The molecule has 1 aliphatic carbocycles. The van der Waals surface area contributed by atoms with E-state index in [1.807, 2.05) is 18.2 Å². The van der Waals surface area contributed by atoms with Gasteiger partial charge >= 0.3 is 0 Å². The molecule has 1 aromatic rings. The molecule has 0 aromatic heterocycles. The number of hydrogen-bond donors (Lipinski definition) is 2. The van der Waals surface area contributed by atoms with Crippen molar-refractivity contribution in [1.82, 2.24) is 5.32 Å². The number of carbonyl (C=O) groups excluding carboxylic acids is 1. The standard InChI is InChI=1S/C15H22N2O/c16-11-5-2-6-12-17-14(18)15(9-10-15)13-7-3-1-4-8-13/h1,3-4,7-8H,2,5-6,9-12,16H2,(H,17,18). The maximum absolute atomic E-state index is 12.2. The van der Waals surface area contributed by atoms with Gasteiger partial charge in [-0.2, -0.15) is 0 Å². The van der Waals surface area contributed by atoms with Crippen LogP contribution in [0.3, 0.4) is 0 Å². The third kappa shape index (κ3) is 2.91. The van der Waals surface area contributed by atoms with Crippen LogP contribution in [0.4, 0.5) is 0 Å². The van der Waals surface area contributed by atoms with Gasteiger partial charge in [-0.15, -0.1) is 0 Å². The van der Waals surface area contributed by atoms with Crippen LogP contribution < -0.4 is 11.1 Å². The molecule has 3 heteroatoms. The summed E-state index contributed by atoms with van der Waals surface area (Å²) < 4.78 is 0. The van der Waals surface area contributed by atoms with Crippen molar-refractivity contribution < 1.29 is 4.79 Å². The van der Waals surface area contributed by atoms with Crippen LogP contribution in [0.2, 0.25) is 0 Å². The topological polar surface area (TPSA) is 55.1 Å². The molecular formula is C15H22N2O. The summed E-state index contributed by atoms with van der Waals surface area (Å²) in [6.07, 6.45) is 5.11. The van der Waals surface area contributed by atoms with Gasteiger partial charge in [0.25, 0.3) is 0 Å². The fraction of sp³-hybridized carbons (Fsp3) is 0.533. The van der Waals surface area contributed by atoms with Gasteiger partial charge in [-0.3, -0.25) is 4.79 Å². The van der Waals surface area contributed by atoms with Gasteiger partial charge in [0.2, 0.25) is 5.91 Å². The predicted molar refractivity (Wildman–Crippen MR) is 73.3 cm³/mol. The molecule has 0 spiro atoms. The van der Waals surface area contributed by atoms with Crippen LogP contribution in [-0.2, 0) is 10.2 Å². The third-order valence-corrected chi connectivity index (χ3v) is 3.68. The monoisotopic (exact) mass is 246 g/mol. The van der Waals surface area contributed by atoms with Crippen molar-refractivity contribution in [2.24, 2.45) is 5.73 Å². The van der Waals surface area contributed by atoms with Crippen LogP contribution in [0, 0.1) is 0 Å². The third-order valence-electron chi connectivity index (χ3n) is 3.68. The highest BCUT2D eigenvalue weighted by Gasteiger charge is 2.50. The number of hydrogen-bond acceptors (Lipinski definition) is 2. The fourth-order valence-electron chi connectivity index (χ4n) is 2.35. The van der Waals surface area contributed by atoms with E-state index in [0.29, 0.717) is 0 Å². The second-order valence-electron chi connectivity index (χ2n) is 5.05. The molecule has 0 atom stereocenters. The summed E-state index contributed by atoms with van der Waals surface area (Å²) in [6.45, 7) is 1.51. The SMILES string of the molecule is NCCCCCNC(=O)C1(c2ccccc2)CC1. The lowest BCUT2D eigenvalue weighted by atomic mass is 9.95. The summed E-state index contributed by atoms with van der Waals surface area (Å²) in [6, 6.07) is 10.1. The highest BCUT2D eigenvalue weighted by atomic mass is 16.2. The van der Waals surface area contributed by atoms with E-state index in [4.69, 9.17) is 5.73 Å². The number of nitrogens with two attached hydrogens (primary N) is 1. The van der Waals surface area contributed by atoms with E-state index in [9.17, 15) is 4.79 Å². The molecule has 0 aliphatic heterocycles. The molecule has 18 heavy (non-hydrogen) atoms. The predicted octanol–water partition coefficient (Wildman–Crippen LogP) is 1.96. The van der Waals surface area contributed by atoms with Crippen molar-refractivity contribution >= 4 is 5.91 Å². The molecule has 0 saturated heterocycles. The number of nitrogens with one attached hydrogen (secondary N) is 1. The zero-order chi connectivity index (χ0) is 12.8. The van der Waals surface area contributed by atoms with Crippen LogP contribution >= 0.6 is 0 Å². The number of benzene rings is 1. The Kier molecular flexibility index (Phi) is 4.37. The molecule has 1 fully saturated rings. The number of carbonyl (C=O) groups is 1. The summed E-state index contributed by atoms with van der Waals surface area (Å²) in [5, 5.41) is 3.06. The van der Waals surface area contributed by atoms with Crippen molar-refractivity contribution in [1.29, 1.82) is 0 Å². The van der Waals surface area contributed by atoms with E-state index in [-0.39, 0.29) is 11.3 Å². The molecule has 0 unspecified atom stereocenters. The molecule has 1 amide bonds. The summed E-state index contributed by atoms with van der Waals surface area (Å²) in [5.41, 5.74) is 6.37. The van der Waals surface area contributed by atoms with Crippen molar-refractivity contribution in [3.63, 3.8) is 0 Å². The lowest BCUT2D eigenvalue weighted by molar-refractivity contribution is -0.123. The summed E-state index contributed by atoms with van der Waals surface area (Å²) >= 11 is 0. The Balaban J connectivity index is 1.82. The average molecular weight is 246 g/mol. The van der Waals surface area contributed by atoms with E-state index in [1.165, 1.54) is 0 Å². The smallest absolute Gasteiger partial charge is 0.230 e. The van der Waals surface area contributed by atoms with Gasteiger partial charge in [0.15, 0.2) is 0 Å². The first kappa shape index (κ1) is 13.1. The van der Waals surface area contributed by atoms with Crippen LogP contribution in [0.15, 0.2) is 30.3 Å². The summed E-state index contributed by atoms with van der Waals surface area (Å²) in [5.74, 6) is 0.196. The number of unbranched alkanes of at least 4 members (excludes halogenated alkanes) is 2. The molecule has 2 rings (SSSR count). The molecule has 3 nitrogen and oxygen atoms in total. The minimum absolute atomic E-state index is 0.196. The van der Waals surface area contributed by atoms with Gasteiger partial charge in [0.1, 0.15) is 0 Å². The van der Waals surface area contributed by atoms with Crippen molar-refractivity contribution in [2.75, 3.05) is 13.1 Å². The van der Waals surface area contributed by atoms with Gasteiger partial charge in [0, 0.05) is 6.54 Å². The van der Waals surface area contributed by atoms with E-state index >= 15 is 0 Å². The Hall–Kier alpha value is -1.35. The number of rotatable bonds is 7. The first-order valence-electron chi connectivity index (χ1n) is 6.83. The highest BCUT2D eigenvalue weighted by Crippen LogP contribution is 2.48. The van der Waals surface area contributed by atoms with E-state index < -0.39 is 0 Å². The van der Waals surface area contributed by atoms with Gasteiger partial charge in [-0.05, 0) is 37.8 Å². The number of amides is 1. The van der Waals surface area contributed by atoms with E-state index in [0.717, 1.165) is 50.8 Å². The molecule has 1 aliphatic rings. The maximum atomic E-state index is 12.2. The van der Waals surface area contributed by atoms with Crippen LogP contribution in [-0.4, -0.2) is 19.0 Å². The van der Waals surface area contributed by atoms with Crippen LogP contribution in [0.25, 0.3) is 0 Å². The van der Waals surface area contributed by atoms with Crippen LogP contribution in [0.1, 0.15) is 37.7 Å². The Morgan fingerprint density at radius 2 is 1.89 bits per heavy atom. The van der Waals surface area contributed by atoms with E-state index in [2.05, 4.69) is 17.4 Å². The molecule has 0 radical (unpaired) electrons. The lowest BCUT2D eigenvalue weighted by Crippen LogP contribution is -2.35. The normalized spacial score (nSPS) is 16.3. The highest BCUT2D eigenvalue weighted by molar-refractivity contribution is 5.91. The molecule has 98 valence electrons. The Labute approximate surface area is 109 Å². The van der Waals surface area contributed by atoms with Gasteiger partial charge in [0.05, 0.1) is 5.41 Å². The first-order chi connectivity index (χ1) is 8.79. The van der Waals surface area contributed by atoms with Crippen molar-refractivity contribution in [2.45, 2.75) is 37.5 Å². The average Bonchev–Trinajstić information content (AvgIpc) is 3.21. The molecular weight excluding hydrogens is 224 g/mol. The minimum atomic E-state index is -0.227. The second-order valence-corrected chi connectivity index (χ2v) is 5.05. The molecule has 0 bridgehead atoms. The molecule has 3 N–H and O–H groups in total. The van der Waals surface area contributed by atoms with Gasteiger partial charge in [-0.1, -0.05) is 36.8 Å². The Bertz CT molecular complexity index is 385. The molecule has 1 aromatic carbocycles. The van der Waals surface area contributed by atoms with Gasteiger partial charge in [-0.25, -0.2) is 0 Å². The zero-order valence-electron chi connectivity index (χ0n) is 10.8. The quantitative estimate of drug-likeness (QED) is 0.723. The van der Waals surface area contributed by atoms with Crippen molar-refractivity contribution in [3.05, 3.63) is 35.9 Å². The second kappa shape index (κ2) is 6.01. The van der Waals surface area contributed by atoms with Crippen molar-refractivity contribution in [3.8, 4) is 0 Å². The van der Waals surface area contributed by atoms with Crippen LogP contribution in [0.5, 0.6) is 0 Å². The summed E-state index contributed by atoms with van der Waals surface area (Å²) in [7, 11) is 0. The first-order valence-corrected chi connectivity index (χ1v) is 6.83. The Morgan fingerprint density at radius 3 is 2.50 bits per heavy atom. The minimum Gasteiger partial charge on any atom is -0.355 e. The van der Waals surface area contributed by atoms with E-state index in [1.54, 1.807) is 0 Å². The maximum Gasteiger partial charge on any atom is 0.230 e. The lowest BCUT2D eigenvalue weighted by Gasteiger charge is -2.15. The molecule has 0 heterocycles. The largest absolute Gasteiger partial charge is 0.355 e. The summed E-state index contributed by atoms with van der Waals surface area (Å²) in [4.78, 5) is 12.2. The fourth-order valence-corrected chi connectivity index (χ4v) is 2.35.